The van der Waals surface area contributed by atoms with E-state index in [1.807, 2.05) is 13.8 Å². The Hall–Kier alpha value is -1.71. The number of ether oxygens (including phenoxy) is 1. The van der Waals surface area contributed by atoms with Gasteiger partial charge in [-0.2, -0.15) is 0 Å². The van der Waals surface area contributed by atoms with Crippen LogP contribution in [-0.4, -0.2) is 21.8 Å². The molecule has 0 spiro atoms. The van der Waals surface area contributed by atoms with E-state index in [0.717, 1.165) is 11.1 Å². The SMILES string of the molecule is Cc1c(C)c2c(c(C)c1O)C(C(=O)O)C(C)(C)O2. The lowest BCUT2D eigenvalue weighted by Gasteiger charge is -2.23. The number of carbonyl (C=O) groups is 1. The molecule has 4 heteroatoms. The van der Waals surface area contributed by atoms with Crippen LogP contribution < -0.4 is 4.74 Å². The quantitative estimate of drug-likeness (QED) is 0.804. The van der Waals surface area contributed by atoms with Crippen molar-refractivity contribution >= 4 is 5.97 Å². The number of aromatic hydroxyl groups is 1. The van der Waals surface area contributed by atoms with E-state index in [0.29, 0.717) is 16.9 Å². The van der Waals surface area contributed by atoms with E-state index in [1.54, 1.807) is 20.8 Å². The number of phenolic OH excluding ortho intramolecular Hbond substituents is 1. The second kappa shape index (κ2) is 3.64. The highest BCUT2D eigenvalue weighted by atomic mass is 16.5. The third-order valence-corrected chi connectivity index (χ3v) is 3.86. The summed E-state index contributed by atoms with van der Waals surface area (Å²) in [6.07, 6.45) is 0. The first-order chi connectivity index (χ1) is 8.18. The van der Waals surface area contributed by atoms with Gasteiger partial charge >= 0.3 is 5.97 Å². The van der Waals surface area contributed by atoms with E-state index < -0.39 is 17.5 Å². The Balaban J connectivity index is 2.80. The van der Waals surface area contributed by atoms with E-state index in [1.165, 1.54) is 0 Å². The summed E-state index contributed by atoms with van der Waals surface area (Å²) in [4.78, 5) is 11.5. The maximum Gasteiger partial charge on any atom is 0.315 e. The second-order valence-corrected chi connectivity index (χ2v) is 5.44. The average molecular weight is 250 g/mol. The van der Waals surface area contributed by atoms with E-state index >= 15 is 0 Å². The second-order valence-electron chi connectivity index (χ2n) is 5.44. The molecule has 1 heterocycles. The van der Waals surface area contributed by atoms with Crippen LogP contribution in [0.4, 0.5) is 0 Å². The summed E-state index contributed by atoms with van der Waals surface area (Å²) in [7, 11) is 0. The first kappa shape index (κ1) is 12.7. The van der Waals surface area contributed by atoms with Crippen LogP contribution in [0.1, 0.15) is 42.0 Å². The predicted octanol–water partition coefficient (Wildman–Crippen LogP) is 2.66. The monoisotopic (exact) mass is 250 g/mol. The minimum absolute atomic E-state index is 0.166. The van der Waals surface area contributed by atoms with Crippen molar-refractivity contribution in [3.8, 4) is 11.5 Å². The maximum absolute atomic E-state index is 11.5. The summed E-state index contributed by atoms with van der Waals surface area (Å²) in [5.41, 5.74) is 1.96. The zero-order valence-electron chi connectivity index (χ0n) is 11.3. The molecule has 98 valence electrons. The van der Waals surface area contributed by atoms with Crippen LogP contribution in [0.3, 0.4) is 0 Å². The van der Waals surface area contributed by atoms with Crippen molar-refractivity contribution in [2.45, 2.75) is 46.1 Å². The molecule has 18 heavy (non-hydrogen) atoms. The topological polar surface area (TPSA) is 66.8 Å². The van der Waals surface area contributed by atoms with Crippen molar-refractivity contribution < 1.29 is 19.7 Å². The van der Waals surface area contributed by atoms with Crippen LogP contribution in [0.5, 0.6) is 11.5 Å². The Morgan fingerprint density at radius 1 is 1.17 bits per heavy atom. The molecule has 0 radical (unpaired) electrons. The number of phenols is 1. The zero-order valence-corrected chi connectivity index (χ0v) is 11.3. The summed E-state index contributed by atoms with van der Waals surface area (Å²) >= 11 is 0. The molecule has 1 aliphatic heterocycles. The molecule has 1 atom stereocenters. The fourth-order valence-electron chi connectivity index (χ4n) is 2.70. The van der Waals surface area contributed by atoms with Crippen LogP contribution in [0.25, 0.3) is 0 Å². The summed E-state index contributed by atoms with van der Waals surface area (Å²) in [6.45, 7) is 8.91. The lowest BCUT2D eigenvalue weighted by Crippen LogP contribution is -2.35. The number of aliphatic carboxylic acids is 1. The molecular weight excluding hydrogens is 232 g/mol. The van der Waals surface area contributed by atoms with Crippen molar-refractivity contribution in [3.63, 3.8) is 0 Å². The van der Waals surface area contributed by atoms with E-state index in [-0.39, 0.29) is 5.75 Å². The van der Waals surface area contributed by atoms with Crippen LogP contribution >= 0.6 is 0 Å². The molecule has 0 aliphatic carbocycles. The number of fused-ring (bicyclic) bond motifs is 1. The Labute approximate surface area is 106 Å². The minimum Gasteiger partial charge on any atom is -0.507 e. The van der Waals surface area contributed by atoms with Gasteiger partial charge in [0.2, 0.25) is 0 Å². The molecular formula is C14H18O4. The van der Waals surface area contributed by atoms with Crippen molar-refractivity contribution in [2.75, 3.05) is 0 Å². The van der Waals surface area contributed by atoms with Crippen LogP contribution in [-0.2, 0) is 4.79 Å². The fourth-order valence-corrected chi connectivity index (χ4v) is 2.70. The molecule has 0 aromatic heterocycles. The van der Waals surface area contributed by atoms with E-state index in [9.17, 15) is 15.0 Å². The van der Waals surface area contributed by atoms with Gasteiger partial charge in [-0.25, -0.2) is 0 Å². The predicted molar refractivity (Wildman–Crippen MR) is 67.4 cm³/mol. The van der Waals surface area contributed by atoms with Gasteiger partial charge in [0.1, 0.15) is 23.0 Å². The molecule has 1 aliphatic rings. The zero-order chi connectivity index (χ0) is 13.8. The minimum atomic E-state index is -0.926. The summed E-state index contributed by atoms with van der Waals surface area (Å²) in [5, 5.41) is 19.5. The maximum atomic E-state index is 11.5. The largest absolute Gasteiger partial charge is 0.507 e. The van der Waals surface area contributed by atoms with Gasteiger partial charge in [0.05, 0.1) is 0 Å². The normalized spacial score (nSPS) is 20.4. The standard InChI is InChI=1S/C14H18O4/c1-6-7(2)12-9(8(3)11(6)15)10(13(16)17)14(4,5)18-12/h10,15H,1-5H3,(H,16,17). The van der Waals surface area contributed by atoms with Gasteiger partial charge in [0.15, 0.2) is 0 Å². The molecule has 0 bridgehead atoms. The number of rotatable bonds is 1. The number of carboxylic acids is 1. The Morgan fingerprint density at radius 3 is 2.22 bits per heavy atom. The first-order valence-corrected chi connectivity index (χ1v) is 5.93. The van der Waals surface area contributed by atoms with E-state index in [2.05, 4.69) is 0 Å². The molecule has 1 aromatic carbocycles. The molecule has 2 N–H and O–H groups in total. The lowest BCUT2D eigenvalue weighted by atomic mass is 9.83. The fraction of sp³-hybridized carbons (Fsp3) is 0.500. The molecule has 1 unspecified atom stereocenters. The van der Waals surface area contributed by atoms with Gasteiger partial charge in [0, 0.05) is 5.56 Å². The van der Waals surface area contributed by atoms with Gasteiger partial charge in [-0.05, 0) is 51.3 Å². The van der Waals surface area contributed by atoms with Crippen molar-refractivity contribution in [2.24, 2.45) is 0 Å². The lowest BCUT2D eigenvalue weighted by molar-refractivity contribution is -0.142. The Bertz CT molecular complexity index is 543. The number of hydrogen-bond donors (Lipinski definition) is 2. The highest BCUT2D eigenvalue weighted by Gasteiger charge is 2.48. The third-order valence-electron chi connectivity index (χ3n) is 3.86. The number of carboxylic acid groups (broad SMARTS) is 1. The molecule has 0 saturated heterocycles. The molecule has 1 aromatic rings. The molecule has 2 rings (SSSR count). The molecule has 4 nitrogen and oxygen atoms in total. The summed E-state index contributed by atoms with van der Waals surface area (Å²) in [6, 6.07) is 0. The van der Waals surface area contributed by atoms with Gasteiger partial charge < -0.3 is 14.9 Å². The Kier molecular flexibility index (Phi) is 2.58. The highest BCUT2D eigenvalue weighted by Crippen LogP contribution is 2.51. The van der Waals surface area contributed by atoms with Gasteiger partial charge in [0.25, 0.3) is 0 Å². The third kappa shape index (κ3) is 1.48. The van der Waals surface area contributed by atoms with Gasteiger partial charge in [-0.1, -0.05) is 0 Å². The Morgan fingerprint density at radius 2 is 1.72 bits per heavy atom. The van der Waals surface area contributed by atoms with Gasteiger partial charge in [-0.3, -0.25) is 4.79 Å². The van der Waals surface area contributed by atoms with E-state index in [4.69, 9.17) is 4.74 Å². The average Bonchev–Trinajstić information content (AvgIpc) is 2.55. The number of hydrogen-bond acceptors (Lipinski definition) is 3. The van der Waals surface area contributed by atoms with Crippen molar-refractivity contribution in [1.29, 1.82) is 0 Å². The molecule has 0 fully saturated rings. The van der Waals surface area contributed by atoms with Crippen LogP contribution in [0.2, 0.25) is 0 Å². The van der Waals surface area contributed by atoms with Crippen molar-refractivity contribution in [3.05, 3.63) is 22.3 Å². The first-order valence-electron chi connectivity index (χ1n) is 5.93. The van der Waals surface area contributed by atoms with Crippen LogP contribution in [0, 0.1) is 20.8 Å². The highest BCUT2D eigenvalue weighted by molar-refractivity contribution is 5.82. The van der Waals surface area contributed by atoms with Crippen LogP contribution in [0.15, 0.2) is 0 Å². The smallest absolute Gasteiger partial charge is 0.315 e. The molecule has 0 amide bonds. The van der Waals surface area contributed by atoms with Crippen molar-refractivity contribution in [1.82, 2.24) is 0 Å². The summed E-state index contributed by atoms with van der Waals surface area (Å²) < 4.78 is 5.82. The summed E-state index contributed by atoms with van der Waals surface area (Å²) in [5.74, 6) is -0.902. The molecule has 0 saturated carbocycles. The number of benzene rings is 1. The van der Waals surface area contributed by atoms with Gasteiger partial charge in [-0.15, -0.1) is 0 Å².